The second-order valence-corrected chi connectivity index (χ2v) is 8.77. The Bertz CT molecular complexity index is 1800. The molecule has 204 valence electrons. The lowest BCUT2D eigenvalue weighted by atomic mass is 10.1. The number of carbonyl (C=O) groups is 2. The number of methoxy groups -OCH3 is 1. The number of fused-ring (bicyclic) bond motifs is 1. The molecule has 40 heavy (non-hydrogen) atoms. The maximum absolute atomic E-state index is 14.3. The lowest BCUT2D eigenvalue weighted by Crippen LogP contribution is -2.21. The van der Waals surface area contributed by atoms with E-state index in [0.29, 0.717) is 15.5 Å². The quantitative estimate of drug-likeness (QED) is 0.295. The molecule has 0 aliphatic heterocycles. The molecular formula is C25H17ClF3N7O4. The minimum absolute atomic E-state index is 0.00464. The molecule has 0 atom stereocenters. The molecule has 0 unspecified atom stereocenters. The van der Waals surface area contributed by atoms with Crippen LogP contribution in [0.25, 0.3) is 27.8 Å². The van der Waals surface area contributed by atoms with Crippen molar-refractivity contribution in [1.29, 1.82) is 0 Å². The van der Waals surface area contributed by atoms with Crippen molar-refractivity contribution in [2.24, 2.45) is 7.05 Å². The molecule has 0 fully saturated rings. The molecule has 0 aliphatic rings. The second-order valence-electron chi connectivity index (χ2n) is 8.36. The number of halogens is 4. The van der Waals surface area contributed by atoms with E-state index in [4.69, 9.17) is 16.3 Å². The highest BCUT2D eigenvalue weighted by Gasteiger charge is 2.41. The van der Waals surface area contributed by atoms with Crippen LogP contribution in [0.2, 0.25) is 5.02 Å². The van der Waals surface area contributed by atoms with E-state index >= 15 is 0 Å². The maximum Gasteiger partial charge on any atom is 0.434 e. The molecule has 1 amide bonds. The number of carboxylic acid groups (broad SMARTS) is 1. The van der Waals surface area contributed by atoms with Crippen molar-refractivity contribution >= 4 is 39.9 Å². The van der Waals surface area contributed by atoms with Crippen molar-refractivity contribution in [2.75, 3.05) is 12.4 Å². The van der Waals surface area contributed by atoms with Crippen molar-refractivity contribution in [3.63, 3.8) is 0 Å². The fourth-order valence-corrected chi connectivity index (χ4v) is 4.42. The summed E-state index contributed by atoms with van der Waals surface area (Å²) in [6.07, 6.45) is -1.58. The first-order valence-corrected chi connectivity index (χ1v) is 11.7. The number of aryl methyl sites for hydroxylation is 1. The summed E-state index contributed by atoms with van der Waals surface area (Å²) in [5.74, 6) is -2.09. The number of rotatable bonds is 6. The molecule has 4 aromatic heterocycles. The third-order valence-electron chi connectivity index (χ3n) is 5.89. The third kappa shape index (κ3) is 4.68. The molecule has 5 rings (SSSR count). The molecular weight excluding hydrogens is 555 g/mol. The van der Waals surface area contributed by atoms with E-state index < -0.39 is 29.3 Å². The van der Waals surface area contributed by atoms with Gasteiger partial charge in [0.2, 0.25) is 5.88 Å². The van der Waals surface area contributed by atoms with E-state index in [0.717, 1.165) is 17.1 Å². The van der Waals surface area contributed by atoms with Gasteiger partial charge in [-0.2, -0.15) is 23.4 Å². The van der Waals surface area contributed by atoms with Gasteiger partial charge in [-0.1, -0.05) is 17.7 Å². The Balaban J connectivity index is 1.50. The van der Waals surface area contributed by atoms with Crippen molar-refractivity contribution in [1.82, 2.24) is 29.5 Å². The van der Waals surface area contributed by atoms with Crippen molar-refractivity contribution in [3.8, 4) is 23.0 Å². The number of carbonyl (C=O) groups excluding carboxylic acids is 1. The number of pyridine rings is 2. The van der Waals surface area contributed by atoms with Gasteiger partial charge in [0.15, 0.2) is 5.69 Å². The molecule has 2 N–H and O–H groups in total. The Kier molecular flexibility index (Phi) is 6.63. The van der Waals surface area contributed by atoms with Crippen LogP contribution < -0.4 is 10.1 Å². The van der Waals surface area contributed by atoms with E-state index in [2.05, 4.69) is 25.5 Å². The Morgan fingerprint density at radius 2 is 1.88 bits per heavy atom. The number of carboxylic acids is 1. The molecule has 1 aromatic carbocycles. The average Bonchev–Trinajstić information content (AvgIpc) is 3.52. The zero-order valence-electron chi connectivity index (χ0n) is 20.6. The number of hydrogen-bond acceptors (Lipinski definition) is 7. The number of nitrogens with zero attached hydrogens (tertiary/aromatic N) is 6. The first-order valence-electron chi connectivity index (χ1n) is 11.3. The topological polar surface area (TPSA) is 137 Å². The van der Waals surface area contributed by atoms with Crippen molar-refractivity contribution < 1.29 is 32.6 Å². The Morgan fingerprint density at radius 1 is 1.10 bits per heavy atom. The highest BCUT2D eigenvalue weighted by Crippen LogP contribution is 2.37. The van der Waals surface area contributed by atoms with Crippen LogP contribution in [0.4, 0.5) is 18.9 Å². The van der Waals surface area contributed by atoms with Gasteiger partial charge in [-0.05, 0) is 24.3 Å². The summed E-state index contributed by atoms with van der Waals surface area (Å²) in [5.41, 5.74) is -1.80. The second kappa shape index (κ2) is 9.96. The number of aromatic carboxylic acids is 1. The number of nitrogens with one attached hydrogen (secondary N) is 1. The van der Waals surface area contributed by atoms with Gasteiger partial charge < -0.3 is 15.2 Å². The molecule has 11 nitrogen and oxygen atoms in total. The van der Waals surface area contributed by atoms with Crippen LogP contribution in [-0.2, 0) is 13.2 Å². The number of ether oxygens (including phenoxy) is 1. The zero-order chi connectivity index (χ0) is 28.8. The van der Waals surface area contributed by atoms with Crippen LogP contribution in [-0.4, -0.2) is 53.6 Å². The molecule has 0 bridgehead atoms. The first-order chi connectivity index (χ1) is 19.0. The van der Waals surface area contributed by atoms with E-state index in [-0.39, 0.29) is 39.4 Å². The summed E-state index contributed by atoms with van der Waals surface area (Å²) >= 11 is 6.28. The Labute approximate surface area is 227 Å². The molecule has 0 radical (unpaired) electrons. The first kappa shape index (κ1) is 26.6. The van der Waals surface area contributed by atoms with E-state index in [9.17, 15) is 27.9 Å². The normalized spacial score (nSPS) is 11.6. The van der Waals surface area contributed by atoms with Gasteiger partial charge in [-0.15, -0.1) is 0 Å². The number of anilines is 1. The van der Waals surface area contributed by atoms with Gasteiger partial charge in [-0.25, -0.2) is 14.5 Å². The zero-order valence-corrected chi connectivity index (χ0v) is 21.3. The average molecular weight is 572 g/mol. The third-order valence-corrected chi connectivity index (χ3v) is 6.18. The summed E-state index contributed by atoms with van der Waals surface area (Å²) in [6.45, 7) is 0. The Morgan fingerprint density at radius 3 is 2.52 bits per heavy atom. The SMILES string of the molecule is COc1nccc2c(-n3ncc(C(=O)Nc4cnc(-c5cc(C(=O)O)n(C)n5)c(Cl)c4)c3C(F)(F)F)cccc12. The van der Waals surface area contributed by atoms with Crippen molar-refractivity contribution in [3.05, 3.63) is 77.0 Å². The number of amides is 1. The molecule has 0 spiro atoms. The summed E-state index contributed by atoms with van der Waals surface area (Å²) in [4.78, 5) is 32.5. The molecule has 0 aliphatic carbocycles. The highest BCUT2D eigenvalue weighted by molar-refractivity contribution is 6.33. The smallest absolute Gasteiger partial charge is 0.434 e. The van der Waals surface area contributed by atoms with Crippen LogP contribution in [0.15, 0.2) is 55.0 Å². The van der Waals surface area contributed by atoms with Gasteiger partial charge in [0.1, 0.15) is 17.1 Å². The summed E-state index contributed by atoms with van der Waals surface area (Å²) < 4.78 is 49.9. The standard InChI is InChI=1S/C25H17ClF3N7O4/c1-35-19(24(38)39)9-17(34-35)20-16(26)8-12(10-31-20)33-22(37)15-11-32-36(21(15)25(27,28)29)18-5-3-4-14-13(18)6-7-30-23(14)40-2/h3-11H,1-2H3,(H,33,37)(H,38,39). The maximum atomic E-state index is 14.3. The van der Waals surface area contributed by atoms with Gasteiger partial charge in [-0.3, -0.25) is 14.5 Å². The molecule has 0 saturated carbocycles. The Hall–Kier alpha value is -4.98. The van der Waals surface area contributed by atoms with E-state index in [1.54, 1.807) is 6.07 Å². The predicted molar refractivity (Wildman–Crippen MR) is 137 cm³/mol. The van der Waals surface area contributed by atoms with Gasteiger partial charge >= 0.3 is 12.1 Å². The van der Waals surface area contributed by atoms with E-state index in [1.165, 1.54) is 50.7 Å². The van der Waals surface area contributed by atoms with Crippen LogP contribution in [0.5, 0.6) is 5.88 Å². The lowest BCUT2D eigenvalue weighted by Gasteiger charge is -2.15. The summed E-state index contributed by atoms with van der Waals surface area (Å²) in [7, 11) is 2.82. The number of hydrogen-bond donors (Lipinski definition) is 2. The molecule has 4 heterocycles. The van der Waals surface area contributed by atoms with Crippen LogP contribution in [0.1, 0.15) is 26.5 Å². The summed E-state index contributed by atoms with van der Waals surface area (Å²) in [6, 6.07) is 8.64. The number of benzene rings is 1. The number of alkyl halides is 3. The minimum Gasteiger partial charge on any atom is -0.481 e. The lowest BCUT2D eigenvalue weighted by molar-refractivity contribution is -0.143. The largest absolute Gasteiger partial charge is 0.481 e. The van der Waals surface area contributed by atoms with Gasteiger partial charge in [0.25, 0.3) is 5.91 Å². The van der Waals surface area contributed by atoms with Crippen LogP contribution in [0, 0.1) is 0 Å². The fraction of sp³-hybridized carbons (Fsp3) is 0.120. The minimum atomic E-state index is -4.96. The molecule has 0 saturated heterocycles. The summed E-state index contributed by atoms with van der Waals surface area (Å²) in [5, 5.41) is 20.3. The van der Waals surface area contributed by atoms with Crippen LogP contribution >= 0.6 is 11.6 Å². The monoisotopic (exact) mass is 571 g/mol. The van der Waals surface area contributed by atoms with E-state index in [1.807, 2.05) is 0 Å². The van der Waals surface area contributed by atoms with Crippen molar-refractivity contribution in [2.45, 2.75) is 6.18 Å². The molecule has 5 aromatic rings. The van der Waals surface area contributed by atoms with Crippen LogP contribution in [0.3, 0.4) is 0 Å². The number of aromatic nitrogens is 6. The van der Waals surface area contributed by atoms with Gasteiger partial charge in [0, 0.05) is 30.1 Å². The highest BCUT2D eigenvalue weighted by atomic mass is 35.5. The predicted octanol–water partition coefficient (Wildman–Crippen LogP) is 4.85. The molecule has 15 heteroatoms. The fourth-order valence-electron chi connectivity index (χ4n) is 4.16. The van der Waals surface area contributed by atoms with Gasteiger partial charge in [0.05, 0.1) is 41.5 Å².